The van der Waals surface area contributed by atoms with E-state index < -0.39 is 10.0 Å². The molecule has 0 aromatic heterocycles. The molecular formula is C24H31N3O5S. The Bertz CT molecular complexity index is 1080. The van der Waals surface area contributed by atoms with Gasteiger partial charge in [-0.2, -0.15) is 0 Å². The summed E-state index contributed by atoms with van der Waals surface area (Å²) < 4.78 is 38.5. The van der Waals surface area contributed by atoms with E-state index in [-0.39, 0.29) is 16.3 Å². The number of carbonyl (C=O) groups is 1. The minimum atomic E-state index is -3.78. The standard InChI is InChI=1S/C24H31N3O5S/c1-24(2,27-14-16-32-17-15-27)18-25-23(28)13-10-19-8-11-20(12-9-19)33(29,30)26-21-6-4-5-7-22(21)31-3/h4-13,26H,14-18H2,1-3H3,(H,25,28)/b13-10+. The van der Waals surface area contributed by atoms with E-state index in [2.05, 4.69) is 28.8 Å². The number of morpholine rings is 1. The zero-order valence-electron chi connectivity index (χ0n) is 19.2. The van der Waals surface area contributed by atoms with Gasteiger partial charge >= 0.3 is 0 Å². The molecule has 0 aliphatic carbocycles. The minimum absolute atomic E-state index is 0.113. The summed E-state index contributed by atoms with van der Waals surface area (Å²) >= 11 is 0. The largest absolute Gasteiger partial charge is 0.495 e. The molecule has 2 aromatic carbocycles. The van der Waals surface area contributed by atoms with Crippen LogP contribution in [0.25, 0.3) is 6.08 Å². The molecule has 1 heterocycles. The summed E-state index contributed by atoms with van der Waals surface area (Å²) in [5, 5.41) is 2.94. The van der Waals surface area contributed by atoms with Crippen molar-refractivity contribution in [2.45, 2.75) is 24.3 Å². The number of carbonyl (C=O) groups excluding carboxylic acids is 1. The number of hydrogen-bond acceptors (Lipinski definition) is 6. The highest BCUT2D eigenvalue weighted by molar-refractivity contribution is 7.92. The maximum atomic E-state index is 12.7. The summed E-state index contributed by atoms with van der Waals surface area (Å²) in [5.41, 5.74) is 0.909. The molecule has 1 saturated heterocycles. The molecule has 0 spiro atoms. The van der Waals surface area contributed by atoms with Crippen molar-refractivity contribution in [1.82, 2.24) is 10.2 Å². The highest BCUT2D eigenvalue weighted by Crippen LogP contribution is 2.26. The Morgan fingerprint density at radius 3 is 2.45 bits per heavy atom. The summed E-state index contributed by atoms with van der Waals surface area (Å²) in [6, 6.07) is 13.1. The monoisotopic (exact) mass is 473 g/mol. The van der Waals surface area contributed by atoms with Crippen LogP contribution in [0.3, 0.4) is 0 Å². The number of ether oxygens (including phenoxy) is 2. The molecule has 0 atom stereocenters. The number of nitrogens with zero attached hydrogens (tertiary/aromatic N) is 1. The lowest BCUT2D eigenvalue weighted by atomic mass is 10.0. The Balaban J connectivity index is 1.57. The molecular weight excluding hydrogens is 442 g/mol. The predicted molar refractivity (Wildman–Crippen MR) is 129 cm³/mol. The van der Waals surface area contributed by atoms with Crippen molar-refractivity contribution in [3.05, 3.63) is 60.2 Å². The summed E-state index contributed by atoms with van der Waals surface area (Å²) in [7, 11) is -2.30. The molecule has 0 radical (unpaired) electrons. The maximum absolute atomic E-state index is 12.7. The van der Waals surface area contributed by atoms with Crippen LogP contribution in [0.4, 0.5) is 5.69 Å². The second-order valence-electron chi connectivity index (χ2n) is 8.34. The van der Waals surface area contributed by atoms with Gasteiger partial charge in [-0.15, -0.1) is 0 Å². The highest BCUT2D eigenvalue weighted by Gasteiger charge is 2.28. The first-order valence-corrected chi connectivity index (χ1v) is 12.2. The van der Waals surface area contributed by atoms with Crippen molar-refractivity contribution < 1.29 is 22.7 Å². The Morgan fingerprint density at radius 2 is 1.79 bits per heavy atom. The van der Waals surface area contributed by atoms with E-state index in [0.717, 1.165) is 13.1 Å². The first-order valence-electron chi connectivity index (χ1n) is 10.8. The Labute approximate surface area is 195 Å². The van der Waals surface area contributed by atoms with Crippen molar-refractivity contribution >= 4 is 27.7 Å². The van der Waals surface area contributed by atoms with Gasteiger partial charge < -0.3 is 14.8 Å². The molecule has 0 bridgehead atoms. The molecule has 178 valence electrons. The first kappa shape index (κ1) is 24.8. The molecule has 1 aliphatic heterocycles. The molecule has 9 heteroatoms. The van der Waals surface area contributed by atoms with Gasteiger partial charge in [0.1, 0.15) is 5.75 Å². The number of nitrogens with one attached hydrogen (secondary N) is 2. The normalized spacial score (nSPS) is 15.4. The van der Waals surface area contributed by atoms with Crippen molar-refractivity contribution in [2.24, 2.45) is 0 Å². The Hall–Kier alpha value is -2.88. The first-order chi connectivity index (χ1) is 15.7. The summed E-state index contributed by atoms with van der Waals surface area (Å²) in [4.78, 5) is 14.7. The molecule has 8 nitrogen and oxygen atoms in total. The van der Waals surface area contributed by atoms with Crippen LogP contribution < -0.4 is 14.8 Å². The Morgan fingerprint density at radius 1 is 1.12 bits per heavy atom. The van der Waals surface area contributed by atoms with Gasteiger partial charge in [0.05, 0.1) is 30.9 Å². The highest BCUT2D eigenvalue weighted by atomic mass is 32.2. The number of para-hydroxylation sites is 2. The third-order valence-corrected chi connectivity index (χ3v) is 6.91. The van der Waals surface area contributed by atoms with Crippen LogP contribution in [0.15, 0.2) is 59.5 Å². The quantitative estimate of drug-likeness (QED) is 0.544. The van der Waals surface area contributed by atoms with E-state index >= 15 is 0 Å². The molecule has 1 fully saturated rings. The summed E-state index contributed by atoms with van der Waals surface area (Å²) in [6.45, 7) is 7.82. The van der Waals surface area contributed by atoms with Gasteiger partial charge in [-0.1, -0.05) is 24.3 Å². The second-order valence-corrected chi connectivity index (χ2v) is 10.0. The maximum Gasteiger partial charge on any atom is 0.262 e. The second kappa shape index (κ2) is 10.8. The van der Waals surface area contributed by atoms with E-state index in [0.29, 0.717) is 36.8 Å². The van der Waals surface area contributed by atoms with Crippen LogP contribution >= 0.6 is 0 Å². The molecule has 3 rings (SSSR count). The third kappa shape index (κ3) is 6.80. The van der Waals surface area contributed by atoms with Gasteiger partial charge in [0, 0.05) is 31.2 Å². The van der Waals surface area contributed by atoms with Gasteiger partial charge in [-0.25, -0.2) is 8.42 Å². The minimum Gasteiger partial charge on any atom is -0.495 e. The SMILES string of the molecule is COc1ccccc1NS(=O)(=O)c1ccc(/C=C/C(=O)NCC(C)(C)N2CCOCC2)cc1. The number of anilines is 1. The lowest BCUT2D eigenvalue weighted by Crippen LogP contribution is -2.55. The van der Waals surface area contributed by atoms with E-state index in [4.69, 9.17) is 9.47 Å². The van der Waals surface area contributed by atoms with Crippen molar-refractivity contribution in [1.29, 1.82) is 0 Å². The number of methoxy groups -OCH3 is 1. The van der Waals surface area contributed by atoms with Crippen molar-refractivity contribution in [3.8, 4) is 5.75 Å². The predicted octanol–water partition coefficient (Wildman–Crippen LogP) is 2.74. The van der Waals surface area contributed by atoms with Gasteiger partial charge in [-0.3, -0.25) is 14.4 Å². The fourth-order valence-corrected chi connectivity index (χ4v) is 4.58. The lowest BCUT2D eigenvalue weighted by molar-refractivity contribution is -0.117. The Kier molecular flexibility index (Phi) is 8.12. The fourth-order valence-electron chi connectivity index (χ4n) is 3.51. The zero-order chi connectivity index (χ0) is 23.9. The molecule has 2 N–H and O–H groups in total. The molecule has 2 aromatic rings. The number of hydrogen-bond donors (Lipinski definition) is 2. The van der Waals surface area contributed by atoms with E-state index in [1.54, 1.807) is 42.5 Å². The van der Waals surface area contributed by atoms with Gasteiger partial charge in [0.15, 0.2) is 0 Å². The third-order valence-electron chi connectivity index (χ3n) is 5.53. The van der Waals surface area contributed by atoms with E-state index in [9.17, 15) is 13.2 Å². The van der Waals surface area contributed by atoms with E-state index in [1.165, 1.54) is 25.3 Å². The van der Waals surface area contributed by atoms with Crippen molar-refractivity contribution in [3.63, 3.8) is 0 Å². The molecule has 1 aliphatic rings. The van der Waals surface area contributed by atoms with Crippen LogP contribution in [0.1, 0.15) is 19.4 Å². The van der Waals surface area contributed by atoms with Gasteiger partial charge in [0.2, 0.25) is 5.91 Å². The van der Waals surface area contributed by atoms with Crippen molar-refractivity contribution in [2.75, 3.05) is 44.7 Å². The number of amides is 1. The van der Waals surface area contributed by atoms with Crippen LogP contribution in [-0.2, 0) is 19.6 Å². The number of rotatable bonds is 9. The van der Waals surface area contributed by atoms with Gasteiger partial charge in [0.25, 0.3) is 10.0 Å². The van der Waals surface area contributed by atoms with Crippen LogP contribution in [0.5, 0.6) is 5.75 Å². The molecule has 0 saturated carbocycles. The molecule has 33 heavy (non-hydrogen) atoms. The fraction of sp³-hybridized carbons (Fsp3) is 0.375. The molecule has 1 amide bonds. The summed E-state index contributed by atoms with van der Waals surface area (Å²) in [5.74, 6) is 0.231. The number of sulfonamides is 1. The van der Waals surface area contributed by atoms with Crippen LogP contribution in [0, 0.1) is 0 Å². The number of benzene rings is 2. The molecule has 0 unspecified atom stereocenters. The topological polar surface area (TPSA) is 97.0 Å². The smallest absolute Gasteiger partial charge is 0.262 e. The zero-order valence-corrected chi connectivity index (χ0v) is 20.0. The van der Waals surface area contributed by atoms with Gasteiger partial charge in [-0.05, 0) is 49.8 Å². The summed E-state index contributed by atoms with van der Waals surface area (Å²) in [6.07, 6.45) is 3.10. The average Bonchev–Trinajstić information content (AvgIpc) is 2.82. The van der Waals surface area contributed by atoms with Crippen LogP contribution in [-0.4, -0.2) is 64.7 Å². The van der Waals surface area contributed by atoms with Crippen LogP contribution in [0.2, 0.25) is 0 Å². The average molecular weight is 474 g/mol. The lowest BCUT2D eigenvalue weighted by Gasteiger charge is -2.40. The van der Waals surface area contributed by atoms with E-state index in [1.807, 2.05) is 0 Å².